The molecule has 0 aliphatic carbocycles. The molecule has 0 fully saturated rings. The van der Waals surface area contributed by atoms with Gasteiger partial charge in [0.15, 0.2) is 0 Å². The molecular weight excluding hydrogens is 240 g/mol. The molecule has 0 saturated carbocycles. The molecular formula is C12H15ClN2O2. The molecule has 0 aromatic heterocycles. The van der Waals surface area contributed by atoms with Crippen LogP contribution >= 0.6 is 11.6 Å². The highest BCUT2D eigenvalue weighted by atomic mass is 35.5. The Labute approximate surface area is 105 Å². The first kappa shape index (κ1) is 13.5. The maximum Gasteiger partial charge on any atom is 0.313 e. The van der Waals surface area contributed by atoms with Crippen molar-refractivity contribution in [3.05, 3.63) is 29.3 Å². The molecule has 1 rings (SSSR count). The van der Waals surface area contributed by atoms with Gasteiger partial charge in [0.25, 0.3) is 0 Å². The van der Waals surface area contributed by atoms with Crippen molar-refractivity contribution < 1.29 is 9.59 Å². The predicted molar refractivity (Wildman–Crippen MR) is 68.3 cm³/mol. The Hall–Kier alpha value is -1.55. The van der Waals surface area contributed by atoms with Crippen LogP contribution in [-0.4, -0.2) is 24.2 Å². The first-order chi connectivity index (χ1) is 8.04. The Morgan fingerprint density at radius 3 is 2.59 bits per heavy atom. The summed E-state index contributed by atoms with van der Waals surface area (Å²) in [5, 5.41) is 4.97. The smallest absolute Gasteiger partial charge is 0.313 e. The third-order valence-corrected chi connectivity index (χ3v) is 2.42. The van der Waals surface area contributed by atoms with Gasteiger partial charge in [-0.25, -0.2) is 0 Å². The zero-order valence-corrected chi connectivity index (χ0v) is 10.6. The molecule has 17 heavy (non-hydrogen) atoms. The largest absolute Gasteiger partial charge is 0.347 e. The highest BCUT2D eigenvalue weighted by Gasteiger charge is 2.13. The molecule has 5 heteroatoms. The van der Waals surface area contributed by atoms with Gasteiger partial charge in [-0.05, 0) is 31.0 Å². The van der Waals surface area contributed by atoms with Crippen LogP contribution in [-0.2, 0) is 9.59 Å². The predicted octanol–water partition coefficient (Wildman–Crippen LogP) is 1.60. The van der Waals surface area contributed by atoms with E-state index in [0.29, 0.717) is 5.69 Å². The minimum Gasteiger partial charge on any atom is -0.347 e. The maximum atomic E-state index is 11.5. The fourth-order valence-electron chi connectivity index (χ4n) is 1.29. The number of halogens is 1. The molecule has 2 N–H and O–H groups in total. The number of benzene rings is 1. The molecule has 92 valence electrons. The van der Waals surface area contributed by atoms with Crippen LogP contribution in [0.1, 0.15) is 11.1 Å². The summed E-state index contributed by atoms with van der Waals surface area (Å²) in [5.41, 5.74) is 2.58. The van der Waals surface area contributed by atoms with Gasteiger partial charge in [-0.2, -0.15) is 0 Å². The van der Waals surface area contributed by atoms with Crippen LogP contribution in [0.3, 0.4) is 0 Å². The zero-order valence-electron chi connectivity index (χ0n) is 9.84. The summed E-state index contributed by atoms with van der Waals surface area (Å²) in [5.74, 6) is -1.07. The average Bonchev–Trinajstić information content (AvgIpc) is 2.30. The van der Waals surface area contributed by atoms with Crippen molar-refractivity contribution in [2.45, 2.75) is 13.8 Å². The summed E-state index contributed by atoms with van der Waals surface area (Å²) in [6.45, 7) is 4.06. The SMILES string of the molecule is Cc1ccc(C)c(NC(=O)C(=O)NCCCl)c1. The van der Waals surface area contributed by atoms with Crippen LogP contribution in [0.15, 0.2) is 18.2 Å². The lowest BCUT2D eigenvalue weighted by molar-refractivity contribution is -0.136. The summed E-state index contributed by atoms with van der Waals surface area (Å²) in [6, 6.07) is 5.65. The summed E-state index contributed by atoms with van der Waals surface area (Å²) in [7, 11) is 0. The van der Waals surface area contributed by atoms with Crippen molar-refractivity contribution in [3.8, 4) is 0 Å². The van der Waals surface area contributed by atoms with Gasteiger partial charge in [-0.1, -0.05) is 12.1 Å². The Morgan fingerprint density at radius 2 is 1.94 bits per heavy atom. The second kappa shape index (κ2) is 6.25. The molecule has 0 radical (unpaired) electrons. The van der Waals surface area contributed by atoms with Crippen LogP contribution in [0.2, 0.25) is 0 Å². The quantitative estimate of drug-likeness (QED) is 0.636. The highest BCUT2D eigenvalue weighted by Crippen LogP contribution is 2.15. The van der Waals surface area contributed by atoms with Crippen LogP contribution in [0.5, 0.6) is 0 Å². The van der Waals surface area contributed by atoms with Crippen molar-refractivity contribution in [2.75, 3.05) is 17.7 Å². The van der Waals surface area contributed by atoms with Gasteiger partial charge in [0.05, 0.1) is 0 Å². The van der Waals surface area contributed by atoms with Crippen LogP contribution in [0.25, 0.3) is 0 Å². The van der Waals surface area contributed by atoms with Crippen molar-refractivity contribution in [1.29, 1.82) is 0 Å². The number of anilines is 1. The van der Waals surface area contributed by atoms with E-state index in [0.717, 1.165) is 11.1 Å². The first-order valence-corrected chi connectivity index (χ1v) is 5.80. The van der Waals surface area contributed by atoms with E-state index >= 15 is 0 Å². The van der Waals surface area contributed by atoms with Crippen LogP contribution < -0.4 is 10.6 Å². The minimum atomic E-state index is -0.677. The molecule has 0 saturated heterocycles. The monoisotopic (exact) mass is 254 g/mol. The second-order valence-electron chi connectivity index (χ2n) is 3.72. The van der Waals surface area contributed by atoms with Crippen molar-refractivity contribution in [2.24, 2.45) is 0 Å². The standard InChI is InChI=1S/C12H15ClN2O2/c1-8-3-4-9(2)10(7-8)15-12(17)11(16)14-6-5-13/h3-4,7H,5-6H2,1-2H3,(H,14,16)(H,15,17). The minimum absolute atomic E-state index is 0.278. The van der Waals surface area contributed by atoms with Crippen molar-refractivity contribution in [3.63, 3.8) is 0 Å². The highest BCUT2D eigenvalue weighted by molar-refractivity contribution is 6.39. The summed E-state index contributed by atoms with van der Waals surface area (Å²) in [4.78, 5) is 22.8. The number of alkyl halides is 1. The molecule has 0 atom stereocenters. The molecule has 0 unspecified atom stereocenters. The Kier molecular flexibility index (Phi) is 4.97. The summed E-state index contributed by atoms with van der Waals surface area (Å²) >= 11 is 5.41. The van der Waals surface area contributed by atoms with Crippen molar-refractivity contribution >= 4 is 29.1 Å². The van der Waals surface area contributed by atoms with Gasteiger partial charge in [0.2, 0.25) is 0 Å². The molecule has 1 aromatic rings. The van der Waals surface area contributed by atoms with E-state index in [1.165, 1.54) is 0 Å². The molecule has 1 aromatic carbocycles. The maximum absolute atomic E-state index is 11.5. The van der Waals surface area contributed by atoms with E-state index in [-0.39, 0.29) is 12.4 Å². The number of nitrogens with one attached hydrogen (secondary N) is 2. The zero-order chi connectivity index (χ0) is 12.8. The molecule has 0 heterocycles. The number of hydrogen-bond acceptors (Lipinski definition) is 2. The van der Waals surface area contributed by atoms with E-state index in [1.54, 1.807) is 0 Å². The van der Waals surface area contributed by atoms with Gasteiger partial charge in [-0.3, -0.25) is 9.59 Å². The molecule has 0 spiro atoms. The topological polar surface area (TPSA) is 58.2 Å². The Balaban J connectivity index is 2.67. The van der Waals surface area contributed by atoms with Crippen LogP contribution in [0, 0.1) is 13.8 Å². The Morgan fingerprint density at radius 1 is 1.24 bits per heavy atom. The average molecular weight is 255 g/mol. The number of aryl methyl sites for hydroxylation is 2. The summed E-state index contributed by atoms with van der Waals surface area (Å²) in [6.07, 6.45) is 0. The van der Waals surface area contributed by atoms with E-state index in [2.05, 4.69) is 10.6 Å². The third-order valence-electron chi connectivity index (χ3n) is 2.23. The number of carbonyl (C=O) groups is 2. The van der Waals surface area contributed by atoms with Crippen LogP contribution in [0.4, 0.5) is 5.69 Å². The number of carbonyl (C=O) groups excluding carboxylic acids is 2. The van der Waals surface area contributed by atoms with Gasteiger partial charge in [-0.15, -0.1) is 11.6 Å². The first-order valence-electron chi connectivity index (χ1n) is 5.27. The fourth-order valence-corrected chi connectivity index (χ4v) is 1.39. The van der Waals surface area contributed by atoms with E-state index < -0.39 is 11.8 Å². The molecule has 0 aliphatic heterocycles. The number of hydrogen-bond donors (Lipinski definition) is 2. The lowest BCUT2D eigenvalue weighted by atomic mass is 10.1. The fraction of sp³-hybridized carbons (Fsp3) is 0.333. The normalized spacial score (nSPS) is 9.82. The molecule has 0 bridgehead atoms. The van der Waals surface area contributed by atoms with Crippen molar-refractivity contribution in [1.82, 2.24) is 5.32 Å². The second-order valence-corrected chi connectivity index (χ2v) is 4.10. The lowest BCUT2D eigenvalue weighted by Crippen LogP contribution is -2.36. The van der Waals surface area contributed by atoms with E-state index in [1.807, 2.05) is 32.0 Å². The number of amides is 2. The number of rotatable bonds is 3. The molecule has 4 nitrogen and oxygen atoms in total. The van der Waals surface area contributed by atoms with Gasteiger partial charge < -0.3 is 10.6 Å². The lowest BCUT2D eigenvalue weighted by Gasteiger charge is -2.09. The van der Waals surface area contributed by atoms with E-state index in [9.17, 15) is 9.59 Å². The van der Waals surface area contributed by atoms with Gasteiger partial charge >= 0.3 is 11.8 Å². The van der Waals surface area contributed by atoms with Gasteiger partial charge in [0, 0.05) is 18.1 Å². The third kappa shape index (κ3) is 4.07. The summed E-state index contributed by atoms with van der Waals surface area (Å²) < 4.78 is 0. The molecule has 2 amide bonds. The Bertz CT molecular complexity index is 433. The van der Waals surface area contributed by atoms with E-state index in [4.69, 9.17) is 11.6 Å². The van der Waals surface area contributed by atoms with Gasteiger partial charge in [0.1, 0.15) is 0 Å². The molecule has 0 aliphatic rings.